The molecule has 1 aliphatic heterocycles. The maximum absolute atomic E-state index is 14.3. The number of nitrogens with one attached hydrogen (secondary N) is 1. The third kappa shape index (κ3) is 3.56. The summed E-state index contributed by atoms with van der Waals surface area (Å²) in [7, 11) is 0. The Balaban J connectivity index is 2.43. The summed E-state index contributed by atoms with van der Waals surface area (Å²) in [6, 6.07) is 2.77. The van der Waals surface area contributed by atoms with E-state index < -0.39 is 23.6 Å². The van der Waals surface area contributed by atoms with E-state index in [2.05, 4.69) is 5.32 Å². The molecule has 1 heterocycles. The maximum Gasteiger partial charge on any atom is 0.419 e. The average molecular weight is 303 g/mol. The number of benzene rings is 1. The van der Waals surface area contributed by atoms with E-state index in [0.29, 0.717) is 19.6 Å². The molecule has 0 aromatic heterocycles. The predicted octanol–water partition coefficient (Wildman–Crippen LogP) is 4.19. The second-order valence-corrected chi connectivity index (χ2v) is 4.86. The zero-order valence-corrected chi connectivity index (χ0v) is 11.6. The summed E-state index contributed by atoms with van der Waals surface area (Å²) in [5.74, 6) is -1.22. The van der Waals surface area contributed by atoms with E-state index >= 15 is 0 Å². The van der Waals surface area contributed by atoms with Crippen molar-refractivity contribution in [3.63, 3.8) is 0 Å². The minimum absolute atomic E-state index is 0.00317. The Morgan fingerprint density at radius 3 is 2.67 bits per heavy atom. The monoisotopic (exact) mass is 303 g/mol. The molecule has 1 N–H and O–H groups in total. The predicted molar refractivity (Wildman–Crippen MR) is 71.1 cm³/mol. The van der Waals surface area contributed by atoms with Gasteiger partial charge in [-0.1, -0.05) is 19.1 Å². The molecule has 1 aromatic rings. The first-order chi connectivity index (χ1) is 9.95. The molecule has 0 bridgehead atoms. The van der Waals surface area contributed by atoms with Crippen LogP contribution in [0.1, 0.15) is 36.9 Å². The van der Waals surface area contributed by atoms with Crippen molar-refractivity contribution in [1.29, 1.82) is 0 Å². The minimum atomic E-state index is -4.70. The highest BCUT2D eigenvalue weighted by Crippen LogP contribution is 2.36. The van der Waals surface area contributed by atoms with E-state index in [1.54, 1.807) is 0 Å². The fourth-order valence-electron chi connectivity index (χ4n) is 2.43. The Morgan fingerprint density at radius 2 is 2.10 bits per heavy atom. The minimum Gasteiger partial charge on any atom is -0.501 e. The SMILES string of the molecule is CCNC(C1=COCCC1)c1cccc(C(F)(F)F)c1F. The normalized spacial score (nSPS) is 17.1. The molecule has 6 heteroatoms. The Hall–Kier alpha value is -1.56. The van der Waals surface area contributed by atoms with Gasteiger partial charge in [0.05, 0.1) is 24.5 Å². The zero-order valence-electron chi connectivity index (χ0n) is 11.6. The van der Waals surface area contributed by atoms with Crippen molar-refractivity contribution in [2.75, 3.05) is 13.2 Å². The van der Waals surface area contributed by atoms with Crippen LogP contribution in [0, 0.1) is 5.82 Å². The van der Waals surface area contributed by atoms with Gasteiger partial charge in [0.2, 0.25) is 0 Å². The molecule has 0 saturated carbocycles. The summed E-state index contributed by atoms with van der Waals surface area (Å²) in [5.41, 5.74) is -0.468. The third-order valence-electron chi connectivity index (χ3n) is 3.39. The Labute approximate surface area is 120 Å². The molecule has 0 radical (unpaired) electrons. The molecule has 21 heavy (non-hydrogen) atoms. The summed E-state index contributed by atoms with van der Waals surface area (Å²) < 4.78 is 58.0. The summed E-state index contributed by atoms with van der Waals surface area (Å²) in [6.45, 7) is 2.91. The van der Waals surface area contributed by atoms with Crippen LogP contribution >= 0.6 is 0 Å². The highest BCUT2D eigenvalue weighted by Gasteiger charge is 2.36. The van der Waals surface area contributed by atoms with Gasteiger partial charge in [0.1, 0.15) is 5.82 Å². The molecule has 0 aliphatic carbocycles. The third-order valence-corrected chi connectivity index (χ3v) is 3.39. The molecule has 1 aliphatic rings. The van der Waals surface area contributed by atoms with Gasteiger partial charge in [-0.05, 0) is 31.0 Å². The number of halogens is 4. The van der Waals surface area contributed by atoms with E-state index in [9.17, 15) is 17.6 Å². The fraction of sp³-hybridized carbons (Fsp3) is 0.467. The number of ether oxygens (including phenoxy) is 1. The fourth-order valence-corrected chi connectivity index (χ4v) is 2.43. The second kappa shape index (κ2) is 6.47. The molecule has 0 fully saturated rings. The molecule has 2 rings (SSSR count). The van der Waals surface area contributed by atoms with Gasteiger partial charge in [-0.3, -0.25) is 0 Å². The number of alkyl halides is 3. The van der Waals surface area contributed by atoms with Crippen molar-refractivity contribution in [2.24, 2.45) is 0 Å². The standard InChI is InChI=1S/C15H17F4NO/c1-2-20-14(10-5-4-8-21-9-10)11-6-3-7-12(13(11)16)15(17,18)19/h3,6-7,9,14,20H,2,4-5,8H2,1H3. The van der Waals surface area contributed by atoms with Crippen LogP contribution in [0.4, 0.5) is 17.6 Å². The quantitative estimate of drug-likeness (QED) is 0.842. The van der Waals surface area contributed by atoms with E-state index in [4.69, 9.17) is 4.74 Å². The van der Waals surface area contributed by atoms with Gasteiger partial charge in [0.25, 0.3) is 0 Å². The molecule has 0 amide bonds. The smallest absolute Gasteiger partial charge is 0.419 e. The van der Waals surface area contributed by atoms with Crippen LogP contribution in [0.3, 0.4) is 0 Å². The Bertz CT molecular complexity index is 525. The summed E-state index contributed by atoms with van der Waals surface area (Å²) >= 11 is 0. The number of hydrogen-bond acceptors (Lipinski definition) is 2. The van der Waals surface area contributed by atoms with Gasteiger partial charge < -0.3 is 10.1 Å². The lowest BCUT2D eigenvalue weighted by atomic mass is 9.93. The molecule has 0 saturated heterocycles. The van der Waals surface area contributed by atoms with Gasteiger partial charge in [-0.25, -0.2) is 4.39 Å². The molecule has 1 unspecified atom stereocenters. The van der Waals surface area contributed by atoms with Gasteiger partial charge in [0, 0.05) is 5.56 Å². The van der Waals surface area contributed by atoms with E-state index in [-0.39, 0.29) is 5.56 Å². The van der Waals surface area contributed by atoms with Crippen LogP contribution in [-0.4, -0.2) is 13.2 Å². The summed E-state index contributed by atoms with van der Waals surface area (Å²) in [4.78, 5) is 0. The topological polar surface area (TPSA) is 21.3 Å². The first-order valence-corrected chi connectivity index (χ1v) is 6.84. The van der Waals surface area contributed by atoms with Crippen LogP contribution in [0.25, 0.3) is 0 Å². The van der Waals surface area contributed by atoms with E-state index in [1.807, 2.05) is 6.92 Å². The maximum atomic E-state index is 14.3. The molecular weight excluding hydrogens is 286 g/mol. The van der Waals surface area contributed by atoms with Crippen LogP contribution in [0.2, 0.25) is 0 Å². The van der Waals surface area contributed by atoms with E-state index in [1.165, 1.54) is 18.4 Å². The Morgan fingerprint density at radius 1 is 1.33 bits per heavy atom. The molecular formula is C15H17F4NO. The highest BCUT2D eigenvalue weighted by molar-refractivity contribution is 5.35. The van der Waals surface area contributed by atoms with Gasteiger partial charge in [-0.15, -0.1) is 0 Å². The van der Waals surface area contributed by atoms with Gasteiger partial charge in [-0.2, -0.15) is 13.2 Å². The second-order valence-electron chi connectivity index (χ2n) is 4.86. The van der Waals surface area contributed by atoms with Crippen LogP contribution in [0.5, 0.6) is 0 Å². The molecule has 1 atom stereocenters. The number of hydrogen-bond donors (Lipinski definition) is 1. The van der Waals surface area contributed by atoms with Crippen LogP contribution in [-0.2, 0) is 10.9 Å². The lowest BCUT2D eigenvalue weighted by molar-refractivity contribution is -0.140. The largest absolute Gasteiger partial charge is 0.501 e. The first-order valence-electron chi connectivity index (χ1n) is 6.84. The lowest BCUT2D eigenvalue weighted by Crippen LogP contribution is -2.26. The highest BCUT2D eigenvalue weighted by atomic mass is 19.4. The van der Waals surface area contributed by atoms with Gasteiger partial charge in [0.15, 0.2) is 0 Å². The van der Waals surface area contributed by atoms with Crippen molar-refractivity contribution in [3.05, 3.63) is 47.0 Å². The average Bonchev–Trinajstić information content (AvgIpc) is 2.45. The molecule has 1 aromatic carbocycles. The van der Waals surface area contributed by atoms with Crippen molar-refractivity contribution < 1.29 is 22.3 Å². The van der Waals surface area contributed by atoms with Crippen molar-refractivity contribution in [2.45, 2.75) is 32.0 Å². The number of likely N-dealkylation sites (N-methyl/N-ethyl adjacent to an activating group) is 1. The first kappa shape index (κ1) is 15.8. The van der Waals surface area contributed by atoms with Crippen molar-refractivity contribution in [3.8, 4) is 0 Å². The summed E-state index contributed by atoms with van der Waals surface area (Å²) in [6.07, 6.45) is -1.73. The lowest BCUT2D eigenvalue weighted by Gasteiger charge is -2.25. The zero-order chi connectivity index (χ0) is 15.5. The van der Waals surface area contributed by atoms with Crippen LogP contribution in [0.15, 0.2) is 30.0 Å². The van der Waals surface area contributed by atoms with Crippen molar-refractivity contribution >= 4 is 0 Å². The molecule has 2 nitrogen and oxygen atoms in total. The molecule has 116 valence electrons. The molecule has 0 spiro atoms. The van der Waals surface area contributed by atoms with Crippen molar-refractivity contribution in [1.82, 2.24) is 5.32 Å². The number of rotatable bonds is 4. The Kier molecular flexibility index (Phi) is 4.88. The van der Waals surface area contributed by atoms with Gasteiger partial charge >= 0.3 is 6.18 Å². The van der Waals surface area contributed by atoms with E-state index in [0.717, 1.165) is 18.1 Å². The summed E-state index contributed by atoms with van der Waals surface area (Å²) in [5, 5.41) is 3.03. The van der Waals surface area contributed by atoms with Crippen LogP contribution < -0.4 is 5.32 Å².